The number of ether oxygens (including phenoxy) is 1. The molecule has 2 N–H and O–H groups in total. The van der Waals surface area contributed by atoms with Gasteiger partial charge >= 0.3 is 5.97 Å². The maximum atomic E-state index is 13.3. The van der Waals surface area contributed by atoms with Gasteiger partial charge in [0.2, 0.25) is 0 Å². The Kier molecular flexibility index (Phi) is 7.62. The fraction of sp³-hybridized carbons (Fsp3) is 0.148. The van der Waals surface area contributed by atoms with Gasteiger partial charge < -0.3 is 15.0 Å². The van der Waals surface area contributed by atoms with Crippen LogP contribution in [-0.2, 0) is 16.0 Å². The average molecular weight is 491 g/mol. The minimum Gasteiger partial charge on any atom is -0.456 e. The van der Waals surface area contributed by atoms with E-state index in [-0.39, 0.29) is 17.8 Å². The van der Waals surface area contributed by atoms with Crippen LogP contribution in [0.5, 0.6) is 0 Å². The number of carbonyl (C=O) groups is 3. The van der Waals surface area contributed by atoms with Crippen molar-refractivity contribution in [2.75, 3.05) is 12.9 Å². The highest BCUT2D eigenvalue weighted by atomic mass is 32.2. The van der Waals surface area contributed by atoms with Crippen LogP contribution in [0.1, 0.15) is 26.3 Å². The zero-order valence-corrected chi connectivity index (χ0v) is 19.7. The van der Waals surface area contributed by atoms with Crippen LogP contribution in [0, 0.1) is 5.82 Å². The second-order valence-corrected chi connectivity index (χ2v) is 8.74. The van der Waals surface area contributed by atoms with Crippen molar-refractivity contribution in [1.82, 2.24) is 10.3 Å². The van der Waals surface area contributed by atoms with E-state index in [4.69, 9.17) is 4.74 Å². The van der Waals surface area contributed by atoms with E-state index in [9.17, 15) is 18.8 Å². The van der Waals surface area contributed by atoms with E-state index in [0.717, 1.165) is 21.4 Å². The maximum absolute atomic E-state index is 13.3. The molecule has 1 atom stereocenters. The van der Waals surface area contributed by atoms with Gasteiger partial charge in [0.15, 0.2) is 12.4 Å². The SMILES string of the molecule is CSc1ccc(C(=O)COC(=O)C(Cc2c[nH]c3ccccc23)NC(=O)c2ccc(F)cc2)cc1. The number of nitrogens with one attached hydrogen (secondary N) is 2. The number of fused-ring (bicyclic) bond motifs is 1. The fourth-order valence-corrected chi connectivity index (χ4v) is 4.06. The fourth-order valence-electron chi connectivity index (χ4n) is 3.65. The first-order valence-electron chi connectivity index (χ1n) is 10.9. The number of ketones is 1. The van der Waals surface area contributed by atoms with Crippen molar-refractivity contribution < 1.29 is 23.5 Å². The largest absolute Gasteiger partial charge is 0.456 e. The topological polar surface area (TPSA) is 88.3 Å². The summed E-state index contributed by atoms with van der Waals surface area (Å²) in [6.07, 6.45) is 3.85. The molecule has 8 heteroatoms. The summed E-state index contributed by atoms with van der Waals surface area (Å²) >= 11 is 1.56. The molecule has 1 aromatic heterocycles. The maximum Gasteiger partial charge on any atom is 0.329 e. The summed E-state index contributed by atoms with van der Waals surface area (Å²) in [5.41, 5.74) is 2.33. The van der Waals surface area contributed by atoms with E-state index >= 15 is 0 Å². The van der Waals surface area contributed by atoms with Crippen LogP contribution < -0.4 is 5.32 Å². The lowest BCUT2D eigenvalue weighted by molar-refractivity contribution is -0.144. The lowest BCUT2D eigenvalue weighted by atomic mass is 10.0. The van der Waals surface area contributed by atoms with Crippen LogP contribution in [0.25, 0.3) is 10.9 Å². The zero-order chi connectivity index (χ0) is 24.8. The van der Waals surface area contributed by atoms with Crippen molar-refractivity contribution in [3.05, 3.63) is 102 Å². The van der Waals surface area contributed by atoms with Crippen LogP contribution in [0.2, 0.25) is 0 Å². The van der Waals surface area contributed by atoms with Crippen LogP contribution >= 0.6 is 11.8 Å². The van der Waals surface area contributed by atoms with Crippen molar-refractivity contribution in [3.63, 3.8) is 0 Å². The molecule has 35 heavy (non-hydrogen) atoms. The Morgan fingerprint density at radius 1 is 0.971 bits per heavy atom. The molecule has 0 aliphatic rings. The number of aromatic amines is 1. The summed E-state index contributed by atoms with van der Waals surface area (Å²) in [5, 5.41) is 3.58. The van der Waals surface area contributed by atoms with Crippen molar-refractivity contribution in [2.45, 2.75) is 17.4 Å². The average Bonchev–Trinajstić information content (AvgIpc) is 3.29. The van der Waals surface area contributed by atoms with Gasteiger partial charge in [-0.2, -0.15) is 0 Å². The molecule has 4 rings (SSSR count). The summed E-state index contributed by atoms with van der Waals surface area (Å²) in [6, 6.07) is 18.5. The Labute approximate surface area is 205 Å². The molecule has 1 unspecified atom stereocenters. The molecule has 0 bridgehead atoms. The van der Waals surface area contributed by atoms with Crippen molar-refractivity contribution in [1.29, 1.82) is 0 Å². The lowest BCUT2D eigenvalue weighted by Gasteiger charge is -2.17. The van der Waals surface area contributed by atoms with Crippen LogP contribution in [0.3, 0.4) is 0 Å². The van der Waals surface area contributed by atoms with Crippen LogP contribution in [0.4, 0.5) is 4.39 Å². The predicted molar refractivity (Wildman–Crippen MR) is 133 cm³/mol. The van der Waals surface area contributed by atoms with Crippen molar-refractivity contribution in [2.24, 2.45) is 0 Å². The number of hydrogen-bond donors (Lipinski definition) is 2. The number of H-pyrrole nitrogens is 1. The minimum absolute atomic E-state index is 0.145. The molecule has 4 aromatic rings. The third kappa shape index (κ3) is 5.96. The highest BCUT2D eigenvalue weighted by Crippen LogP contribution is 2.20. The summed E-state index contributed by atoms with van der Waals surface area (Å²) in [7, 11) is 0. The molecule has 3 aromatic carbocycles. The third-order valence-corrected chi connectivity index (χ3v) is 6.30. The van der Waals surface area contributed by atoms with Crippen LogP contribution in [0.15, 0.2) is 83.9 Å². The minimum atomic E-state index is -1.06. The third-order valence-electron chi connectivity index (χ3n) is 5.55. The molecule has 0 radical (unpaired) electrons. The highest BCUT2D eigenvalue weighted by molar-refractivity contribution is 7.98. The Balaban J connectivity index is 1.50. The standard InChI is InChI=1S/C27H23FN2O4S/c1-35-21-12-8-17(9-13-21)25(31)16-34-27(33)24(30-26(32)18-6-10-20(28)11-7-18)14-19-15-29-23-5-3-2-4-22(19)23/h2-13,15,24,29H,14,16H2,1H3,(H,30,32). The number of hydrogen-bond acceptors (Lipinski definition) is 5. The number of thioether (sulfide) groups is 1. The summed E-state index contributed by atoms with van der Waals surface area (Å²) < 4.78 is 18.6. The number of aromatic nitrogens is 1. The number of Topliss-reactive ketones (excluding diaryl/α,β-unsaturated/α-hetero) is 1. The molecule has 0 spiro atoms. The van der Waals surface area contributed by atoms with Gasteiger partial charge in [-0.25, -0.2) is 9.18 Å². The van der Waals surface area contributed by atoms with E-state index in [2.05, 4.69) is 10.3 Å². The van der Waals surface area contributed by atoms with Crippen LogP contribution in [-0.4, -0.2) is 41.5 Å². The first-order valence-corrected chi connectivity index (χ1v) is 12.1. The van der Waals surface area contributed by atoms with Gasteiger partial charge in [-0.15, -0.1) is 11.8 Å². The molecule has 0 saturated heterocycles. The Hall–Kier alpha value is -3.91. The molecule has 0 aliphatic heterocycles. The summed E-state index contributed by atoms with van der Waals surface area (Å²) in [6.45, 7) is -0.450. The van der Waals surface area contributed by atoms with Gasteiger partial charge in [0.25, 0.3) is 5.91 Å². The van der Waals surface area contributed by atoms with Gasteiger partial charge in [-0.1, -0.05) is 30.3 Å². The van der Waals surface area contributed by atoms with Crippen molar-refractivity contribution >= 4 is 40.3 Å². The number of carbonyl (C=O) groups excluding carboxylic acids is 3. The van der Waals surface area contributed by atoms with E-state index in [1.54, 1.807) is 30.1 Å². The smallest absolute Gasteiger partial charge is 0.329 e. The molecule has 1 amide bonds. The first-order chi connectivity index (χ1) is 16.9. The number of amides is 1. The molecule has 6 nitrogen and oxygen atoms in total. The number of benzene rings is 3. The first kappa shape index (κ1) is 24.2. The molecular formula is C27H23FN2O4S. The summed E-state index contributed by atoms with van der Waals surface area (Å²) in [5.74, 6) is -2.10. The van der Waals surface area contributed by atoms with E-state index < -0.39 is 30.3 Å². The molecular weight excluding hydrogens is 467 g/mol. The predicted octanol–water partition coefficient (Wildman–Crippen LogP) is 4.80. The molecule has 0 aliphatic carbocycles. The second-order valence-electron chi connectivity index (χ2n) is 7.86. The van der Waals surface area contributed by atoms with Gasteiger partial charge in [-0.3, -0.25) is 9.59 Å². The molecule has 0 saturated carbocycles. The molecule has 1 heterocycles. The van der Waals surface area contributed by atoms with Gasteiger partial charge in [-0.05, 0) is 54.3 Å². The Morgan fingerprint density at radius 3 is 2.37 bits per heavy atom. The number of esters is 1. The Bertz CT molecular complexity index is 1350. The van der Waals surface area contributed by atoms with E-state index in [1.807, 2.05) is 42.7 Å². The van der Waals surface area contributed by atoms with E-state index in [0.29, 0.717) is 5.56 Å². The Morgan fingerprint density at radius 2 is 1.66 bits per heavy atom. The number of rotatable bonds is 9. The zero-order valence-electron chi connectivity index (χ0n) is 18.9. The van der Waals surface area contributed by atoms with E-state index in [1.165, 1.54) is 24.3 Å². The quantitative estimate of drug-likeness (QED) is 0.200. The van der Waals surface area contributed by atoms with Crippen molar-refractivity contribution in [3.8, 4) is 0 Å². The normalized spacial score (nSPS) is 11.7. The van der Waals surface area contributed by atoms with Gasteiger partial charge in [0.05, 0.1) is 0 Å². The summed E-state index contributed by atoms with van der Waals surface area (Å²) in [4.78, 5) is 42.4. The van der Waals surface area contributed by atoms with Gasteiger partial charge in [0.1, 0.15) is 11.9 Å². The monoisotopic (exact) mass is 490 g/mol. The molecule has 0 fully saturated rings. The highest BCUT2D eigenvalue weighted by Gasteiger charge is 2.25. The van der Waals surface area contributed by atoms with Gasteiger partial charge in [0, 0.05) is 39.5 Å². The molecule has 178 valence electrons. The number of halogens is 1. The number of para-hydroxylation sites is 1. The lowest BCUT2D eigenvalue weighted by Crippen LogP contribution is -2.43. The second kappa shape index (κ2) is 11.0.